The van der Waals surface area contributed by atoms with Crippen molar-refractivity contribution < 1.29 is 9.59 Å². The first kappa shape index (κ1) is 15.2. The maximum atomic E-state index is 11.6. The average molecular weight is 262 g/mol. The number of hydrogen-bond donors (Lipinski definition) is 2. The molecule has 3 N–H and O–H groups in total. The van der Waals surface area contributed by atoms with Gasteiger partial charge >= 0.3 is 0 Å². The highest BCUT2D eigenvalue weighted by Gasteiger charge is 2.18. The van der Waals surface area contributed by atoms with Crippen LogP contribution >= 0.6 is 0 Å². The molecule has 0 saturated carbocycles. The molecule has 0 saturated heterocycles. The Morgan fingerprint density at radius 3 is 2.37 bits per heavy atom. The van der Waals surface area contributed by atoms with Crippen LogP contribution in [0.3, 0.4) is 0 Å². The molecule has 0 bridgehead atoms. The largest absolute Gasteiger partial charge is 0.368 e. The molecule has 2 amide bonds. The molecule has 4 heteroatoms. The van der Waals surface area contributed by atoms with Gasteiger partial charge in [-0.2, -0.15) is 0 Å². The molecular weight excluding hydrogens is 240 g/mol. The van der Waals surface area contributed by atoms with E-state index in [0.717, 1.165) is 12.8 Å². The van der Waals surface area contributed by atoms with Crippen molar-refractivity contribution in [3.05, 3.63) is 35.9 Å². The van der Waals surface area contributed by atoms with E-state index in [0.29, 0.717) is 6.42 Å². The van der Waals surface area contributed by atoms with Crippen molar-refractivity contribution in [2.45, 2.75) is 39.2 Å². The number of benzene rings is 1. The molecule has 19 heavy (non-hydrogen) atoms. The van der Waals surface area contributed by atoms with Crippen LogP contribution in [0, 0.1) is 5.92 Å². The highest BCUT2D eigenvalue weighted by atomic mass is 16.2. The van der Waals surface area contributed by atoms with E-state index < -0.39 is 11.9 Å². The van der Waals surface area contributed by atoms with Gasteiger partial charge in [0.1, 0.15) is 6.04 Å². The molecular formula is C15H22N2O2. The molecule has 0 heterocycles. The molecule has 1 aromatic rings. The van der Waals surface area contributed by atoms with Gasteiger partial charge in [-0.15, -0.1) is 0 Å². The molecule has 1 rings (SSSR count). The standard InChI is InChI=1S/C15H22N2O2/c1-11(2)15(19)17-13(14(16)18)10-6-9-12-7-4-3-5-8-12/h3-5,7-8,11,13H,6,9-10H2,1-2H3,(H2,16,18)(H,17,19). The number of nitrogens with two attached hydrogens (primary N) is 1. The van der Waals surface area contributed by atoms with Crippen LogP contribution in [-0.2, 0) is 16.0 Å². The normalized spacial score (nSPS) is 12.2. The van der Waals surface area contributed by atoms with Gasteiger partial charge in [0, 0.05) is 5.92 Å². The molecule has 0 spiro atoms. The second-order valence-electron chi connectivity index (χ2n) is 5.00. The molecule has 0 radical (unpaired) electrons. The molecule has 104 valence electrons. The summed E-state index contributed by atoms with van der Waals surface area (Å²) in [4.78, 5) is 22.9. The van der Waals surface area contributed by atoms with Gasteiger partial charge in [0.15, 0.2) is 0 Å². The van der Waals surface area contributed by atoms with Gasteiger partial charge in [-0.3, -0.25) is 9.59 Å². The van der Waals surface area contributed by atoms with Crippen LogP contribution in [0.5, 0.6) is 0 Å². The fraction of sp³-hybridized carbons (Fsp3) is 0.467. The zero-order valence-electron chi connectivity index (χ0n) is 11.6. The number of aryl methyl sites for hydroxylation is 1. The number of nitrogens with one attached hydrogen (secondary N) is 1. The summed E-state index contributed by atoms with van der Waals surface area (Å²) in [6, 6.07) is 9.47. The van der Waals surface area contributed by atoms with Crippen LogP contribution in [0.25, 0.3) is 0 Å². The van der Waals surface area contributed by atoms with Crippen LogP contribution in [0.15, 0.2) is 30.3 Å². The van der Waals surface area contributed by atoms with Crippen LogP contribution in [0.4, 0.5) is 0 Å². The van der Waals surface area contributed by atoms with Gasteiger partial charge in [0.2, 0.25) is 11.8 Å². The number of amides is 2. The molecule has 1 aromatic carbocycles. The monoisotopic (exact) mass is 262 g/mol. The summed E-state index contributed by atoms with van der Waals surface area (Å²) in [6.07, 6.45) is 2.26. The lowest BCUT2D eigenvalue weighted by Crippen LogP contribution is -2.45. The van der Waals surface area contributed by atoms with Crippen molar-refractivity contribution in [1.29, 1.82) is 0 Å². The van der Waals surface area contributed by atoms with Crippen LogP contribution in [0.2, 0.25) is 0 Å². The Bertz CT molecular complexity index is 415. The Balaban J connectivity index is 2.42. The van der Waals surface area contributed by atoms with Gasteiger partial charge in [-0.1, -0.05) is 44.2 Å². The summed E-state index contributed by atoms with van der Waals surface area (Å²) < 4.78 is 0. The molecule has 0 aliphatic heterocycles. The van der Waals surface area contributed by atoms with Crippen molar-refractivity contribution in [3.8, 4) is 0 Å². The number of carbonyl (C=O) groups is 2. The minimum atomic E-state index is -0.571. The third-order valence-corrected chi connectivity index (χ3v) is 2.99. The summed E-state index contributed by atoms with van der Waals surface area (Å²) in [7, 11) is 0. The molecule has 1 atom stereocenters. The quantitative estimate of drug-likeness (QED) is 0.784. The SMILES string of the molecule is CC(C)C(=O)NC(CCCc1ccccc1)C(N)=O. The van der Waals surface area contributed by atoms with Crippen molar-refractivity contribution >= 4 is 11.8 Å². The third kappa shape index (κ3) is 5.55. The Morgan fingerprint density at radius 2 is 1.84 bits per heavy atom. The number of hydrogen-bond acceptors (Lipinski definition) is 2. The maximum absolute atomic E-state index is 11.6. The lowest BCUT2D eigenvalue weighted by atomic mass is 10.0. The average Bonchev–Trinajstić information content (AvgIpc) is 2.38. The zero-order valence-corrected chi connectivity index (χ0v) is 11.6. The molecule has 1 unspecified atom stereocenters. The van der Waals surface area contributed by atoms with E-state index in [-0.39, 0.29) is 11.8 Å². The van der Waals surface area contributed by atoms with Crippen LogP contribution < -0.4 is 11.1 Å². The Labute approximate surface area is 114 Å². The predicted molar refractivity (Wildman–Crippen MR) is 75.3 cm³/mol. The number of carbonyl (C=O) groups excluding carboxylic acids is 2. The molecule has 0 aliphatic carbocycles. The lowest BCUT2D eigenvalue weighted by Gasteiger charge is -2.16. The highest BCUT2D eigenvalue weighted by molar-refractivity contribution is 5.87. The van der Waals surface area contributed by atoms with Gasteiger partial charge in [0.25, 0.3) is 0 Å². The van der Waals surface area contributed by atoms with E-state index in [2.05, 4.69) is 5.32 Å². The smallest absolute Gasteiger partial charge is 0.239 e. The molecule has 4 nitrogen and oxygen atoms in total. The van der Waals surface area contributed by atoms with Gasteiger partial charge in [-0.05, 0) is 24.8 Å². The topological polar surface area (TPSA) is 72.2 Å². The molecule has 0 aromatic heterocycles. The lowest BCUT2D eigenvalue weighted by molar-refractivity contribution is -0.129. The second kappa shape index (κ2) is 7.56. The Kier molecular flexibility index (Phi) is 6.06. The Hall–Kier alpha value is -1.84. The van der Waals surface area contributed by atoms with Gasteiger partial charge in [-0.25, -0.2) is 0 Å². The summed E-state index contributed by atoms with van der Waals surface area (Å²) in [5.74, 6) is -0.749. The first-order valence-electron chi connectivity index (χ1n) is 6.64. The third-order valence-electron chi connectivity index (χ3n) is 2.99. The Morgan fingerprint density at radius 1 is 1.21 bits per heavy atom. The summed E-state index contributed by atoms with van der Waals surface area (Å²) in [6.45, 7) is 3.58. The minimum absolute atomic E-state index is 0.136. The van der Waals surface area contributed by atoms with E-state index in [4.69, 9.17) is 5.73 Å². The van der Waals surface area contributed by atoms with Crippen molar-refractivity contribution in [2.24, 2.45) is 11.7 Å². The van der Waals surface area contributed by atoms with Crippen LogP contribution in [0.1, 0.15) is 32.3 Å². The van der Waals surface area contributed by atoms with Crippen molar-refractivity contribution in [1.82, 2.24) is 5.32 Å². The fourth-order valence-electron chi connectivity index (χ4n) is 1.78. The van der Waals surface area contributed by atoms with Gasteiger partial charge in [0.05, 0.1) is 0 Å². The summed E-state index contributed by atoms with van der Waals surface area (Å²) >= 11 is 0. The van der Waals surface area contributed by atoms with Gasteiger partial charge < -0.3 is 11.1 Å². The van der Waals surface area contributed by atoms with Crippen molar-refractivity contribution in [2.75, 3.05) is 0 Å². The zero-order chi connectivity index (χ0) is 14.3. The maximum Gasteiger partial charge on any atom is 0.239 e. The van der Waals surface area contributed by atoms with E-state index in [1.807, 2.05) is 30.3 Å². The highest BCUT2D eigenvalue weighted by Crippen LogP contribution is 2.07. The van der Waals surface area contributed by atoms with E-state index in [9.17, 15) is 9.59 Å². The summed E-state index contributed by atoms with van der Waals surface area (Å²) in [5, 5.41) is 2.69. The fourth-order valence-corrected chi connectivity index (χ4v) is 1.78. The predicted octanol–water partition coefficient (Wildman–Crippen LogP) is 1.64. The van der Waals surface area contributed by atoms with Crippen molar-refractivity contribution in [3.63, 3.8) is 0 Å². The van der Waals surface area contributed by atoms with E-state index >= 15 is 0 Å². The number of rotatable bonds is 7. The van der Waals surface area contributed by atoms with Crippen LogP contribution in [-0.4, -0.2) is 17.9 Å². The minimum Gasteiger partial charge on any atom is -0.368 e. The summed E-state index contributed by atoms with van der Waals surface area (Å²) in [5.41, 5.74) is 6.53. The molecule has 0 fully saturated rings. The number of primary amides is 1. The first-order chi connectivity index (χ1) is 9.00. The second-order valence-corrected chi connectivity index (χ2v) is 5.00. The first-order valence-corrected chi connectivity index (χ1v) is 6.64. The van der Waals surface area contributed by atoms with E-state index in [1.54, 1.807) is 13.8 Å². The molecule has 0 aliphatic rings. The van der Waals surface area contributed by atoms with E-state index in [1.165, 1.54) is 5.56 Å².